The molecule has 2 aliphatic carbocycles. The van der Waals surface area contributed by atoms with Crippen molar-refractivity contribution in [2.45, 2.75) is 51.8 Å². The second-order valence-electron chi connectivity index (χ2n) is 7.56. The van der Waals surface area contributed by atoms with Crippen LogP contribution in [0.5, 0.6) is 0 Å². The fourth-order valence-electron chi connectivity index (χ4n) is 5.40. The number of aliphatic hydroxyl groups excluding tert-OH is 1. The summed E-state index contributed by atoms with van der Waals surface area (Å²) in [5, 5.41) is 9.57. The third-order valence-electron chi connectivity index (χ3n) is 6.56. The highest BCUT2D eigenvalue weighted by molar-refractivity contribution is 5.15. The third-order valence-corrected chi connectivity index (χ3v) is 6.56. The van der Waals surface area contributed by atoms with E-state index in [4.69, 9.17) is 0 Å². The molecule has 1 N–H and O–H groups in total. The zero-order chi connectivity index (χ0) is 14.8. The van der Waals surface area contributed by atoms with E-state index in [9.17, 15) is 18.3 Å². The molecule has 2 nitrogen and oxygen atoms in total. The minimum atomic E-state index is -4.12. The molecule has 5 heteroatoms. The van der Waals surface area contributed by atoms with Crippen molar-refractivity contribution in [2.75, 3.05) is 19.6 Å². The van der Waals surface area contributed by atoms with Crippen molar-refractivity contribution < 1.29 is 18.3 Å². The standard InChI is InChI=1S/C15H24F3NO/c1-13(2)10-3-5-14(13,15(16,17)18)11(7-10)8-19-6-4-12(20)9-19/h10-12,20H,3-9H2,1-2H3/t10?,11?,12-,14?/m0/s1. The van der Waals surface area contributed by atoms with Gasteiger partial charge in [0.25, 0.3) is 0 Å². The Morgan fingerprint density at radius 3 is 2.45 bits per heavy atom. The molecule has 2 saturated carbocycles. The molecule has 3 fully saturated rings. The first-order valence-electron chi connectivity index (χ1n) is 7.65. The summed E-state index contributed by atoms with van der Waals surface area (Å²) in [5.74, 6) is -0.108. The Labute approximate surface area is 118 Å². The van der Waals surface area contributed by atoms with Crippen molar-refractivity contribution in [1.29, 1.82) is 0 Å². The predicted molar refractivity (Wildman–Crippen MR) is 70.2 cm³/mol. The summed E-state index contributed by atoms with van der Waals surface area (Å²) in [4.78, 5) is 2.03. The quantitative estimate of drug-likeness (QED) is 0.845. The molecule has 3 aliphatic rings. The Bertz CT molecular complexity index is 395. The van der Waals surface area contributed by atoms with Crippen molar-refractivity contribution in [3.63, 3.8) is 0 Å². The van der Waals surface area contributed by atoms with Crippen LogP contribution in [-0.2, 0) is 0 Å². The highest BCUT2D eigenvalue weighted by Gasteiger charge is 2.74. The van der Waals surface area contributed by atoms with Crippen LogP contribution < -0.4 is 0 Å². The Hall–Kier alpha value is -0.290. The number of likely N-dealkylation sites (tertiary alicyclic amines) is 1. The van der Waals surface area contributed by atoms with Gasteiger partial charge in [0.2, 0.25) is 0 Å². The Balaban J connectivity index is 1.85. The van der Waals surface area contributed by atoms with Crippen LogP contribution in [0, 0.1) is 22.7 Å². The number of β-amino-alcohol motifs (C(OH)–C–C–N with tert-alkyl or cyclic N) is 1. The van der Waals surface area contributed by atoms with Crippen molar-refractivity contribution >= 4 is 0 Å². The lowest BCUT2D eigenvalue weighted by Crippen LogP contribution is -2.51. The van der Waals surface area contributed by atoms with Gasteiger partial charge in [-0.25, -0.2) is 0 Å². The first kappa shape index (κ1) is 14.6. The molecule has 0 amide bonds. The molecule has 1 heterocycles. The van der Waals surface area contributed by atoms with E-state index in [2.05, 4.69) is 0 Å². The van der Waals surface area contributed by atoms with Gasteiger partial charge in [0.1, 0.15) is 0 Å². The molecule has 4 atom stereocenters. The normalized spacial score (nSPS) is 44.4. The Morgan fingerprint density at radius 1 is 1.25 bits per heavy atom. The van der Waals surface area contributed by atoms with Gasteiger partial charge in [-0.2, -0.15) is 13.2 Å². The largest absolute Gasteiger partial charge is 0.395 e. The fraction of sp³-hybridized carbons (Fsp3) is 1.00. The Morgan fingerprint density at radius 2 is 1.95 bits per heavy atom. The van der Waals surface area contributed by atoms with Gasteiger partial charge in [-0.3, -0.25) is 0 Å². The van der Waals surface area contributed by atoms with Crippen molar-refractivity contribution in [2.24, 2.45) is 22.7 Å². The van der Waals surface area contributed by atoms with Gasteiger partial charge in [0.15, 0.2) is 0 Å². The van der Waals surface area contributed by atoms with Crippen LogP contribution in [0.15, 0.2) is 0 Å². The van der Waals surface area contributed by atoms with Crippen molar-refractivity contribution in [3.8, 4) is 0 Å². The number of nitrogens with zero attached hydrogens (tertiary/aromatic N) is 1. The number of hydrogen-bond donors (Lipinski definition) is 1. The maximum absolute atomic E-state index is 13.9. The number of hydrogen-bond acceptors (Lipinski definition) is 2. The van der Waals surface area contributed by atoms with Crippen LogP contribution in [0.25, 0.3) is 0 Å². The molecule has 3 rings (SSSR count). The molecule has 0 spiro atoms. The predicted octanol–water partition coefficient (Wildman–Crippen LogP) is 3.06. The van der Waals surface area contributed by atoms with Crippen molar-refractivity contribution in [1.82, 2.24) is 4.90 Å². The molecule has 2 bridgehead atoms. The van der Waals surface area contributed by atoms with E-state index in [0.29, 0.717) is 32.4 Å². The lowest BCUT2D eigenvalue weighted by atomic mass is 9.64. The number of rotatable bonds is 2. The van der Waals surface area contributed by atoms with Gasteiger partial charge in [-0.05, 0) is 42.9 Å². The minimum absolute atomic E-state index is 0.196. The van der Waals surface area contributed by atoms with Crippen LogP contribution >= 0.6 is 0 Å². The van der Waals surface area contributed by atoms with E-state index in [1.807, 2.05) is 18.7 Å². The summed E-state index contributed by atoms with van der Waals surface area (Å²) in [5.41, 5.74) is -2.16. The molecule has 0 aromatic carbocycles. The summed E-state index contributed by atoms with van der Waals surface area (Å²) in [6.45, 7) is 5.40. The zero-order valence-electron chi connectivity index (χ0n) is 12.2. The van der Waals surface area contributed by atoms with Gasteiger partial charge >= 0.3 is 6.18 Å². The van der Waals surface area contributed by atoms with Crippen LogP contribution in [0.1, 0.15) is 39.5 Å². The van der Waals surface area contributed by atoms with Crippen LogP contribution in [0.2, 0.25) is 0 Å². The highest BCUT2D eigenvalue weighted by Crippen LogP contribution is 2.73. The monoisotopic (exact) mass is 291 g/mol. The van der Waals surface area contributed by atoms with E-state index < -0.39 is 17.0 Å². The zero-order valence-corrected chi connectivity index (χ0v) is 12.2. The summed E-state index contributed by atoms with van der Waals surface area (Å²) < 4.78 is 41.6. The maximum atomic E-state index is 13.9. The first-order valence-corrected chi connectivity index (χ1v) is 7.65. The lowest BCUT2D eigenvalue weighted by Gasteiger charge is -2.44. The van der Waals surface area contributed by atoms with Gasteiger partial charge in [-0.15, -0.1) is 0 Å². The number of fused-ring (bicyclic) bond motifs is 2. The molecule has 3 unspecified atom stereocenters. The molecule has 0 aromatic rings. The summed E-state index contributed by atoms with van der Waals surface area (Å²) >= 11 is 0. The van der Waals surface area contributed by atoms with Crippen molar-refractivity contribution in [3.05, 3.63) is 0 Å². The smallest absolute Gasteiger partial charge is 0.392 e. The van der Waals surface area contributed by atoms with E-state index in [1.54, 1.807) is 0 Å². The van der Waals surface area contributed by atoms with Crippen LogP contribution in [-0.4, -0.2) is 41.9 Å². The van der Waals surface area contributed by atoms with E-state index in [1.165, 1.54) is 0 Å². The average Bonchev–Trinajstić information content (AvgIpc) is 2.89. The maximum Gasteiger partial charge on any atom is 0.395 e. The van der Waals surface area contributed by atoms with Crippen LogP contribution in [0.4, 0.5) is 13.2 Å². The third kappa shape index (κ3) is 1.78. The molecule has 1 aliphatic heterocycles. The fourth-order valence-corrected chi connectivity index (χ4v) is 5.40. The molecule has 20 heavy (non-hydrogen) atoms. The second kappa shape index (κ2) is 4.35. The topological polar surface area (TPSA) is 23.5 Å². The highest BCUT2D eigenvalue weighted by atomic mass is 19.4. The average molecular weight is 291 g/mol. The first-order chi connectivity index (χ1) is 9.18. The van der Waals surface area contributed by atoms with Gasteiger partial charge in [-0.1, -0.05) is 13.8 Å². The SMILES string of the molecule is CC1(C)C2CCC1(C(F)(F)F)C(CN1CC[C@H](O)C1)C2. The molecule has 1 saturated heterocycles. The molecular weight excluding hydrogens is 267 g/mol. The Kier molecular flexibility index (Phi) is 3.19. The van der Waals surface area contributed by atoms with Gasteiger partial charge in [0, 0.05) is 19.6 Å². The second-order valence-corrected chi connectivity index (χ2v) is 7.56. The molecule has 0 radical (unpaired) electrons. The number of aliphatic hydroxyl groups is 1. The summed E-state index contributed by atoms with van der Waals surface area (Å²) in [6.07, 6.45) is -2.09. The molecule has 0 aromatic heterocycles. The lowest BCUT2D eigenvalue weighted by molar-refractivity contribution is -0.264. The molecular formula is C15H24F3NO. The van der Waals surface area contributed by atoms with Crippen LogP contribution in [0.3, 0.4) is 0 Å². The van der Waals surface area contributed by atoms with Gasteiger partial charge in [0.05, 0.1) is 11.5 Å². The minimum Gasteiger partial charge on any atom is -0.392 e. The van der Waals surface area contributed by atoms with E-state index in [-0.39, 0.29) is 24.4 Å². The van der Waals surface area contributed by atoms with E-state index in [0.717, 1.165) is 6.54 Å². The number of halogens is 3. The van der Waals surface area contributed by atoms with E-state index >= 15 is 0 Å². The summed E-state index contributed by atoms with van der Waals surface area (Å²) in [6, 6.07) is 0. The van der Waals surface area contributed by atoms with Gasteiger partial charge < -0.3 is 10.0 Å². The molecule has 116 valence electrons. The number of alkyl halides is 3. The summed E-state index contributed by atoms with van der Waals surface area (Å²) in [7, 11) is 0.